The normalized spacial score (nSPS) is 15.4. The average Bonchev–Trinajstić information content (AvgIpc) is 3.13. The molecule has 1 aliphatic rings. The summed E-state index contributed by atoms with van der Waals surface area (Å²) in [7, 11) is -3.79. The highest BCUT2D eigenvalue weighted by Crippen LogP contribution is 2.18. The van der Waals surface area contributed by atoms with Gasteiger partial charge in [0, 0.05) is 6.04 Å². The number of ether oxygens (including phenoxy) is 1. The highest BCUT2D eigenvalue weighted by molar-refractivity contribution is 7.91. The molecule has 132 valence electrons. The minimum Gasteiger partial charge on any atom is -0.452 e. The summed E-state index contributed by atoms with van der Waals surface area (Å²) in [4.78, 5) is 34.7. The van der Waals surface area contributed by atoms with Crippen molar-refractivity contribution < 1.29 is 27.5 Å². The predicted octanol–water partition coefficient (Wildman–Crippen LogP) is -0.0537. The van der Waals surface area contributed by atoms with E-state index in [9.17, 15) is 22.8 Å². The molecule has 3 N–H and O–H groups in total. The second kappa shape index (κ2) is 7.73. The molecule has 1 heterocycles. The first-order chi connectivity index (χ1) is 11.3. The van der Waals surface area contributed by atoms with Crippen molar-refractivity contribution in [3.63, 3.8) is 0 Å². The smallest absolute Gasteiger partial charge is 0.321 e. The molecular weight excluding hydrogens is 358 g/mol. The van der Waals surface area contributed by atoms with Gasteiger partial charge in [-0.25, -0.2) is 13.2 Å². The lowest BCUT2D eigenvalue weighted by molar-refractivity contribution is -0.153. The number of rotatable bonds is 7. The maximum Gasteiger partial charge on any atom is 0.321 e. The third kappa shape index (κ3) is 5.58. The molecule has 3 amide bonds. The standard InChI is InChI=1S/C13H17N3O6S2/c1-8(12(18)16-13(19)15-9-4-5-9)22-10(17)7-14-24(20,21)11-3-2-6-23-11/h2-3,6,8-9,14H,4-5,7H2,1H3,(H2,15,16,18,19). The van der Waals surface area contributed by atoms with Crippen LogP contribution < -0.4 is 15.4 Å². The van der Waals surface area contributed by atoms with Crippen LogP contribution in [0.2, 0.25) is 0 Å². The molecular formula is C13H17N3O6S2. The number of amides is 3. The quantitative estimate of drug-likeness (QED) is 0.573. The van der Waals surface area contributed by atoms with Crippen LogP contribution in [0.1, 0.15) is 19.8 Å². The summed E-state index contributed by atoms with van der Waals surface area (Å²) in [5.41, 5.74) is 0. The zero-order chi connectivity index (χ0) is 17.7. The van der Waals surface area contributed by atoms with Crippen LogP contribution in [-0.2, 0) is 24.3 Å². The van der Waals surface area contributed by atoms with Crippen LogP contribution in [0.3, 0.4) is 0 Å². The molecule has 1 fully saturated rings. The zero-order valence-corrected chi connectivity index (χ0v) is 14.4. The molecule has 0 aromatic carbocycles. The Morgan fingerprint density at radius 2 is 2.08 bits per heavy atom. The number of sulfonamides is 1. The van der Waals surface area contributed by atoms with E-state index in [4.69, 9.17) is 4.74 Å². The Kier molecular flexibility index (Phi) is 5.91. The molecule has 1 aliphatic carbocycles. The summed E-state index contributed by atoms with van der Waals surface area (Å²) in [6.07, 6.45) is 0.515. The van der Waals surface area contributed by atoms with Gasteiger partial charge in [-0.1, -0.05) is 6.07 Å². The van der Waals surface area contributed by atoms with Crippen LogP contribution in [0, 0.1) is 0 Å². The minimum atomic E-state index is -3.79. The van der Waals surface area contributed by atoms with Crippen molar-refractivity contribution in [2.24, 2.45) is 0 Å². The average molecular weight is 375 g/mol. The first-order valence-electron chi connectivity index (χ1n) is 7.12. The van der Waals surface area contributed by atoms with Gasteiger partial charge in [0.2, 0.25) is 0 Å². The van der Waals surface area contributed by atoms with Crippen molar-refractivity contribution in [1.82, 2.24) is 15.4 Å². The van der Waals surface area contributed by atoms with Crippen molar-refractivity contribution in [2.75, 3.05) is 6.54 Å². The Balaban J connectivity index is 1.74. The minimum absolute atomic E-state index is 0.0674. The van der Waals surface area contributed by atoms with Gasteiger partial charge >= 0.3 is 12.0 Å². The largest absolute Gasteiger partial charge is 0.452 e. The number of nitrogens with one attached hydrogen (secondary N) is 3. The molecule has 0 radical (unpaired) electrons. The molecule has 0 aliphatic heterocycles. The molecule has 1 atom stereocenters. The summed E-state index contributed by atoms with van der Waals surface area (Å²) in [5, 5.41) is 6.19. The summed E-state index contributed by atoms with van der Waals surface area (Å²) in [6.45, 7) is 0.664. The number of hydrogen-bond acceptors (Lipinski definition) is 7. The maximum absolute atomic E-state index is 11.8. The molecule has 24 heavy (non-hydrogen) atoms. The van der Waals surface area contributed by atoms with Gasteiger partial charge in [0.15, 0.2) is 6.10 Å². The predicted molar refractivity (Wildman–Crippen MR) is 84.8 cm³/mol. The number of imide groups is 1. The summed E-state index contributed by atoms with van der Waals surface area (Å²) < 4.78 is 30.6. The molecule has 11 heteroatoms. The van der Waals surface area contributed by atoms with Gasteiger partial charge in [0.05, 0.1) is 0 Å². The van der Waals surface area contributed by atoms with E-state index in [0.29, 0.717) is 0 Å². The second-order valence-corrected chi connectivity index (χ2v) is 8.07. The zero-order valence-electron chi connectivity index (χ0n) is 12.8. The van der Waals surface area contributed by atoms with Crippen LogP contribution in [0.5, 0.6) is 0 Å². The number of carbonyl (C=O) groups is 3. The van der Waals surface area contributed by atoms with Gasteiger partial charge < -0.3 is 10.1 Å². The molecule has 9 nitrogen and oxygen atoms in total. The number of hydrogen-bond donors (Lipinski definition) is 3. The maximum atomic E-state index is 11.8. The number of carbonyl (C=O) groups excluding carboxylic acids is 3. The lowest BCUT2D eigenvalue weighted by Crippen LogP contribution is -2.46. The summed E-state index contributed by atoms with van der Waals surface area (Å²) in [5.74, 6) is -1.72. The first kappa shape index (κ1) is 18.4. The molecule has 2 rings (SSSR count). The Morgan fingerprint density at radius 1 is 1.38 bits per heavy atom. The van der Waals surface area contributed by atoms with E-state index in [1.807, 2.05) is 5.32 Å². The van der Waals surface area contributed by atoms with Crippen molar-refractivity contribution in [3.05, 3.63) is 17.5 Å². The molecule has 0 spiro atoms. The molecule has 0 saturated heterocycles. The fourth-order valence-electron chi connectivity index (χ4n) is 1.60. The van der Waals surface area contributed by atoms with Crippen LogP contribution >= 0.6 is 11.3 Å². The fourth-order valence-corrected chi connectivity index (χ4v) is 3.60. The van der Waals surface area contributed by atoms with Gasteiger partial charge in [0.1, 0.15) is 10.8 Å². The van der Waals surface area contributed by atoms with Gasteiger partial charge in [-0.15, -0.1) is 11.3 Å². The van der Waals surface area contributed by atoms with Crippen molar-refractivity contribution in [1.29, 1.82) is 0 Å². The van der Waals surface area contributed by atoms with E-state index in [0.717, 1.165) is 24.2 Å². The Bertz CT molecular complexity index is 712. The second-order valence-electron chi connectivity index (χ2n) is 5.13. The molecule has 1 aromatic rings. The van der Waals surface area contributed by atoms with Gasteiger partial charge in [-0.3, -0.25) is 14.9 Å². The SMILES string of the molecule is CC(OC(=O)CNS(=O)(=O)c1cccs1)C(=O)NC(=O)NC1CC1. The van der Waals surface area contributed by atoms with E-state index in [-0.39, 0.29) is 10.3 Å². The third-order valence-corrected chi connectivity index (χ3v) is 5.79. The molecule has 1 aromatic heterocycles. The number of thiophene rings is 1. The Morgan fingerprint density at radius 3 is 2.67 bits per heavy atom. The number of urea groups is 1. The van der Waals surface area contributed by atoms with E-state index in [1.165, 1.54) is 13.0 Å². The number of esters is 1. The van der Waals surface area contributed by atoms with Crippen LogP contribution in [0.15, 0.2) is 21.7 Å². The molecule has 1 unspecified atom stereocenters. The Hall–Kier alpha value is -1.98. The van der Waals surface area contributed by atoms with Gasteiger partial charge in [0.25, 0.3) is 15.9 Å². The van der Waals surface area contributed by atoms with Crippen LogP contribution in [-0.4, -0.2) is 45.0 Å². The van der Waals surface area contributed by atoms with Crippen molar-refractivity contribution in [2.45, 2.75) is 36.1 Å². The fraction of sp³-hybridized carbons (Fsp3) is 0.462. The highest BCUT2D eigenvalue weighted by atomic mass is 32.2. The third-order valence-electron chi connectivity index (χ3n) is 2.99. The van der Waals surface area contributed by atoms with E-state index in [1.54, 1.807) is 11.4 Å². The molecule has 0 bridgehead atoms. The van der Waals surface area contributed by atoms with E-state index >= 15 is 0 Å². The monoisotopic (exact) mass is 375 g/mol. The van der Waals surface area contributed by atoms with Gasteiger partial charge in [-0.05, 0) is 31.2 Å². The van der Waals surface area contributed by atoms with Gasteiger partial charge in [-0.2, -0.15) is 4.72 Å². The molecule has 1 saturated carbocycles. The van der Waals surface area contributed by atoms with Crippen LogP contribution in [0.4, 0.5) is 4.79 Å². The van der Waals surface area contributed by atoms with Crippen molar-refractivity contribution >= 4 is 39.3 Å². The first-order valence-corrected chi connectivity index (χ1v) is 9.48. The lowest BCUT2D eigenvalue weighted by Gasteiger charge is -2.13. The lowest BCUT2D eigenvalue weighted by atomic mass is 10.4. The Labute approximate surface area is 142 Å². The highest BCUT2D eigenvalue weighted by Gasteiger charge is 2.26. The van der Waals surface area contributed by atoms with Crippen LogP contribution in [0.25, 0.3) is 0 Å². The summed E-state index contributed by atoms with van der Waals surface area (Å²) >= 11 is 1.01. The van der Waals surface area contributed by atoms with E-state index < -0.39 is 40.6 Å². The topological polar surface area (TPSA) is 131 Å². The van der Waals surface area contributed by atoms with Crippen molar-refractivity contribution in [3.8, 4) is 0 Å². The summed E-state index contributed by atoms with van der Waals surface area (Å²) in [6, 6.07) is 2.40. The van der Waals surface area contributed by atoms with E-state index in [2.05, 4.69) is 10.0 Å².